The van der Waals surface area contributed by atoms with Gasteiger partial charge in [0.15, 0.2) is 0 Å². The van der Waals surface area contributed by atoms with Crippen LogP contribution in [0.15, 0.2) is 55.0 Å². The maximum Gasteiger partial charge on any atom is 0.303 e. The molecule has 9 heteroatoms. The summed E-state index contributed by atoms with van der Waals surface area (Å²) in [7, 11) is 0. The van der Waals surface area contributed by atoms with Crippen LogP contribution in [0.25, 0.3) is 0 Å². The minimum absolute atomic E-state index is 0.0223. The van der Waals surface area contributed by atoms with Crippen molar-refractivity contribution in [2.24, 2.45) is 0 Å². The molecule has 2 heterocycles. The third kappa shape index (κ3) is 7.19. The lowest BCUT2D eigenvalue weighted by molar-refractivity contribution is -0.137. The van der Waals surface area contributed by atoms with Gasteiger partial charge in [-0.2, -0.15) is 0 Å². The molecule has 34 heavy (non-hydrogen) atoms. The molecule has 0 bridgehead atoms. The fourth-order valence-electron chi connectivity index (χ4n) is 3.29. The molecule has 0 spiro atoms. The zero-order valence-corrected chi connectivity index (χ0v) is 18.7. The summed E-state index contributed by atoms with van der Waals surface area (Å²) in [5, 5.41) is 14.6. The van der Waals surface area contributed by atoms with E-state index in [2.05, 4.69) is 20.6 Å². The minimum Gasteiger partial charge on any atom is -0.481 e. The molecule has 0 saturated heterocycles. The summed E-state index contributed by atoms with van der Waals surface area (Å²) in [4.78, 5) is 43.9. The molecule has 1 amide bonds. The highest BCUT2D eigenvalue weighted by Crippen LogP contribution is 2.23. The van der Waals surface area contributed by atoms with Crippen LogP contribution in [0.2, 0.25) is 0 Å². The Morgan fingerprint density at radius 3 is 2.44 bits per heavy atom. The second-order valence-electron chi connectivity index (χ2n) is 7.75. The number of benzene rings is 1. The molecule has 0 radical (unpaired) electrons. The summed E-state index contributed by atoms with van der Waals surface area (Å²) in [5.74, 6) is -1.83. The number of aryl methyl sites for hydroxylation is 1. The van der Waals surface area contributed by atoms with Crippen LogP contribution in [0.3, 0.4) is 0 Å². The molecule has 0 aliphatic carbocycles. The van der Waals surface area contributed by atoms with Crippen LogP contribution in [0, 0.1) is 5.82 Å². The summed E-state index contributed by atoms with van der Waals surface area (Å²) in [5.41, 5.74) is 2.75. The Balaban J connectivity index is 1.82. The number of carboxylic acids is 1. The number of nitrogens with one attached hydrogen (secondary N) is 2. The van der Waals surface area contributed by atoms with E-state index >= 15 is 0 Å². The second kappa shape index (κ2) is 11.6. The Hall–Kier alpha value is -4.14. The van der Waals surface area contributed by atoms with Gasteiger partial charge in [-0.3, -0.25) is 24.4 Å². The number of aliphatic carboxylic acids is 1. The molecule has 0 atom stereocenters. The van der Waals surface area contributed by atoms with Crippen LogP contribution in [-0.4, -0.2) is 32.7 Å². The molecule has 0 unspecified atom stereocenters. The number of nitrogens with zero attached hydrogens (tertiary/aromatic N) is 2. The molecule has 8 nitrogen and oxygen atoms in total. The van der Waals surface area contributed by atoms with E-state index in [0.717, 1.165) is 18.2 Å². The Kier molecular flexibility index (Phi) is 8.39. The number of pyridine rings is 2. The monoisotopic (exact) mass is 464 g/mol. The maximum absolute atomic E-state index is 13.6. The highest BCUT2D eigenvalue weighted by atomic mass is 19.1. The van der Waals surface area contributed by atoms with Crippen molar-refractivity contribution in [3.63, 3.8) is 0 Å². The highest BCUT2D eigenvalue weighted by Gasteiger charge is 2.16. The Morgan fingerprint density at radius 1 is 1.00 bits per heavy atom. The SMILES string of the molecule is CCCC(=O)Cc1cc(Nc2cncc(F)c2)c(C(=O)Nc2ccc(CCC(=O)O)cc2)cn1. The molecule has 0 aliphatic rings. The van der Waals surface area contributed by atoms with Gasteiger partial charge in [-0.25, -0.2) is 4.39 Å². The molecule has 176 valence electrons. The number of anilines is 3. The third-order valence-electron chi connectivity index (χ3n) is 4.94. The van der Waals surface area contributed by atoms with E-state index in [0.29, 0.717) is 35.6 Å². The molecule has 1 aromatic carbocycles. The minimum atomic E-state index is -0.877. The number of rotatable bonds is 11. The van der Waals surface area contributed by atoms with E-state index in [-0.39, 0.29) is 24.2 Å². The van der Waals surface area contributed by atoms with Crippen LogP contribution in [0.5, 0.6) is 0 Å². The fourth-order valence-corrected chi connectivity index (χ4v) is 3.29. The maximum atomic E-state index is 13.6. The number of carboxylic acid groups (broad SMARTS) is 1. The van der Waals surface area contributed by atoms with Crippen molar-refractivity contribution < 1.29 is 23.9 Å². The topological polar surface area (TPSA) is 121 Å². The number of aromatic nitrogens is 2. The number of ketones is 1. The van der Waals surface area contributed by atoms with Crippen LogP contribution in [0.1, 0.15) is 47.8 Å². The summed E-state index contributed by atoms with van der Waals surface area (Å²) in [6.45, 7) is 1.92. The number of carbonyl (C=O) groups excluding carboxylic acids is 2. The van der Waals surface area contributed by atoms with Gasteiger partial charge in [-0.15, -0.1) is 0 Å². The molecule has 0 aliphatic heterocycles. The number of carbonyl (C=O) groups is 3. The Bertz CT molecular complexity index is 1180. The van der Waals surface area contributed by atoms with Crippen molar-refractivity contribution in [3.8, 4) is 0 Å². The lowest BCUT2D eigenvalue weighted by Gasteiger charge is -2.14. The van der Waals surface area contributed by atoms with Gasteiger partial charge in [0, 0.05) is 42.9 Å². The third-order valence-corrected chi connectivity index (χ3v) is 4.94. The largest absolute Gasteiger partial charge is 0.481 e. The molecule has 3 aromatic rings. The average molecular weight is 464 g/mol. The standard InChI is InChI=1S/C25H25FN4O4/c1-2-3-21(31)11-19-12-23(29-20-10-17(26)13-27-14-20)22(15-28-19)25(34)30-18-7-4-16(5-8-18)6-9-24(32)33/h4-5,7-8,10,12-15H,2-3,6,9,11H2,1H3,(H,28,29)(H,30,34)(H,32,33). The Morgan fingerprint density at radius 2 is 1.76 bits per heavy atom. The fraction of sp³-hybridized carbons (Fsp3) is 0.240. The molecular weight excluding hydrogens is 439 g/mol. The average Bonchev–Trinajstić information content (AvgIpc) is 2.79. The number of hydrogen-bond acceptors (Lipinski definition) is 6. The van der Waals surface area contributed by atoms with Gasteiger partial charge in [0.25, 0.3) is 5.91 Å². The van der Waals surface area contributed by atoms with Crippen molar-refractivity contribution >= 4 is 34.7 Å². The van der Waals surface area contributed by atoms with Crippen molar-refractivity contribution in [2.45, 2.75) is 39.0 Å². The summed E-state index contributed by atoms with van der Waals surface area (Å²) < 4.78 is 13.6. The van der Waals surface area contributed by atoms with Gasteiger partial charge in [0.1, 0.15) is 11.6 Å². The second-order valence-corrected chi connectivity index (χ2v) is 7.75. The van der Waals surface area contributed by atoms with Gasteiger partial charge in [0.05, 0.1) is 29.3 Å². The predicted octanol–water partition coefficient (Wildman–Crippen LogP) is 4.54. The number of Topliss-reactive ketones (excluding diaryl/α,β-unsaturated/α-hetero) is 1. The zero-order chi connectivity index (χ0) is 24.5. The molecule has 3 N–H and O–H groups in total. The van der Waals surface area contributed by atoms with Crippen LogP contribution < -0.4 is 10.6 Å². The van der Waals surface area contributed by atoms with Gasteiger partial charge in [0.2, 0.25) is 0 Å². The summed E-state index contributed by atoms with van der Waals surface area (Å²) >= 11 is 0. The highest BCUT2D eigenvalue weighted by molar-refractivity contribution is 6.08. The number of amides is 1. The smallest absolute Gasteiger partial charge is 0.303 e. The number of halogens is 1. The summed E-state index contributed by atoms with van der Waals surface area (Å²) in [6.07, 6.45) is 5.57. The quantitative estimate of drug-likeness (QED) is 0.381. The van der Waals surface area contributed by atoms with Crippen LogP contribution in [0.4, 0.5) is 21.5 Å². The van der Waals surface area contributed by atoms with Gasteiger partial charge < -0.3 is 15.7 Å². The van der Waals surface area contributed by atoms with E-state index < -0.39 is 17.7 Å². The van der Waals surface area contributed by atoms with E-state index in [1.165, 1.54) is 18.5 Å². The van der Waals surface area contributed by atoms with Crippen molar-refractivity contribution in [2.75, 3.05) is 10.6 Å². The van der Waals surface area contributed by atoms with Gasteiger partial charge in [-0.1, -0.05) is 19.1 Å². The van der Waals surface area contributed by atoms with Crippen LogP contribution in [-0.2, 0) is 22.4 Å². The lowest BCUT2D eigenvalue weighted by atomic mass is 10.1. The summed E-state index contributed by atoms with van der Waals surface area (Å²) in [6, 6.07) is 9.71. The first kappa shape index (κ1) is 24.5. The molecular formula is C25H25FN4O4. The number of hydrogen-bond donors (Lipinski definition) is 3. The van der Waals surface area contributed by atoms with Gasteiger partial charge >= 0.3 is 5.97 Å². The first-order chi connectivity index (χ1) is 16.3. The molecule has 3 rings (SSSR count). The van der Waals surface area contributed by atoms with E-state index in [1.807, 2.05) is 6.92 Å². The zero-order valence-electron chi connectivity index (χ0n) is 18.7. The predicted molar refractivity (Wildman–Crippen MR) is 126 cm³/mol. The van der Waals surface area contributed by atoms with E-state index in [1.54, 1.807) is 30.3 Å². The van der Waals surface area contributed by atoms with Crippen molar-refractivity contribution in [1.82, 2.24) is 9.97 Å². The van der Waals surface area contributed by atoms with Crippen molar-refractivity contribution in [3.05, 3.63) is 77.6 Å². The first-order valence-corrected chi connectivity index (χ1v) is 10.8. The van der Waals surface area contributed by atoms with Crippen molar-refractivity contribution in [1.29, 1.82) is 0 Å². The molecule has 0 fully saturated rings. The molecule has 2 aromatic heterocycles. The Labute approximate surface area is 196 Å². The van der Waals surface area contributed by atoms with Crippen LogP contribution >= 0.6 is 0 Å². The first-order valence-electron chi connectivity index (χ1n) is 10.8. The van der Waals surface area contributed by atoms with E-state index in [4.69, 9.17) is 5.11 Å². The normalized spacial score (nSPS) is 10.5. The lowest BCUT2D eigenvalue weighted by Crippen LogP contribution is -2.15. The van der Waals surface area contributed by atoms with Gasteiger partial charge in [-0.05, 0) is 36.6 Å². The molecule has 0 saturated carbocycles. The van der Waals surface area contributed by atoms with E-state index in [9.17, 15) is 18.8 Å².